The van der Waals surface area contributed by atoms with E-state index in [1.165, 1.54) is 16.2 Å². The third kappa shape index (κ3) is 4.39. The van der Waals surface area contributed by atoms with Crippen molar-refractivity contribution in [3.63, 3.8) is 0 Å². The Bertz CT molecular complexity index is 525. The number of hydrogen-bond acceptors (Lipinski definition) is 4. The van der Waals surface area contributed by atoms with Crippen LogP contribution in [0.2, 0.25) is 0 Å². The predicted octanol–water partition coefficient (Wildman–Crippen LogP) is 0.265. The summed E-state index contributed by atoms with van der Waals surface area (Å²) in [4.78, 5) is 26.3. The Kier molecular flexibility index (Phi) is 5.55. The fourth-order valence-electron chi connectivity index (χ4n) is 1.38. The second-order valence-corrected chi connectivity index (χ2v) is 5.18. The smallest absolute Gasteiger partial charge is 0.262 e. The lowest BCUT2D eigenvalue weighted by Gasteiger charge is -2.17. The summed E-state index contributed by atoms with van der Waals surface area (Å²) in [6.45, 7) is 1.94. The van der Waals surface area contributed by atoms with E-state index in [1.54, 1.807) is 33.2 Å². The number of nitrogens with zero attached hydrogens (tertiary/aromatic N) is 1. The molecule has 102 valence electrons. The molecule has 19 heavy (non-hydrogen) atoms. The summed E-state index contributed by atoms with van der Waals surface area (Å²) in [5.74, 6) is 5.17. The molecular formula is C13H17N3O2S. The van der Waals surface area contributed by atoms with Gasteiger partial charge in [0, 0.05) is 14.1 Å². The van der Waals surface area contributed by atoms with Gasteiger partial charge in [-0.3, -0.25) is 9.59 Å². The molecule has 0 aromatic carbocycles. The molecule has 0 bridgehead atoms. The van der Waals surface area contributed by atoms with Gasteiger partial charge in [-0.25, -0.2) is 0 Å². The van der Waals surface area contributed by atoms with E-state index >= 15 is 0 Å². The zero-order valence-corrected chi connectivity index (χ0v) is 12.0. The minimum atomic E-state index is -0.553. The second kappa shape index (κ2) is 6.92. The maximum atomic E-state index is 11.9. The molecule has 1 aromatic heterocycles. The van der Waals surface area contributed by atoms with Gasteiger partial charge in [-0.1, -0.05) is 11.8 Å². The van der Waals surface area contributed by atoms with Crippen LogP contribution in [-0.2, 0) is 4.79 Å². The molecule has 1 atom stereocenters. The average molecular weight is 279 g/mol. The van der Waals surface area contributed by atoms with E-state index in [4.69, 9.17) is 5.73 Å². The molecule has 1 rings (SSSR count). The minimum absolute atomic E-state index is 0.145. The number of carbonyl (C=O) groups excluding carboxylic acids is 2. The molecule has 0 spiro atoms. The maximum absolute atomic E-state index is 11.9. The number of amides is 2. The normalized spacial score (nSPS) is 11.2. The van der Waals surface area contributed by atoms with E-state index in [-0.39, 0.29) is 18.4 Å². The van der Waals surface area contributed by atoms with Gasteiger partial charge in [0.15, 0.2) is 0 Å². The molecule has 5 nitrogen and oxygen atoms in total. The zero-order chi connectivity index (χ0) is 14.4. The van der Waals surface area contributed by atoms with Crippen LogP contribution in [0, 0.1) is 11.8 Å². The summed E-state index contributed by atoms with van der Waals surface area (Å²) in [5.41, 5.74) is 5.28. The highest BCUT2D eigenvalue weighted by Gasteiger charge is 2.18. The minimum Gasteiger partial charge on any atom is -0.347 e. The Morgan fingerprint density at radius 3 is 2.74 bits per heavy atom. The van der Waals surface area contributed by atoms with Gasteiger partial charge in [-0.15, -0.1) is 11.3 Å². The van der Waals surface area contributed by atoms with Gasteiger partial charge < -0.3 is 16.0 Å². The molecule has 1 unspecified atom stereocenters. The van der Waals surface area contributed by atoms with Crippen molar-refractivity contribution >= 4 is 23.2 Å². The van der Waals surface area contributed by atoms with Crippen molar-refractivity contribution in [2.24, 2.45) is 5.73 Å². The lowest BCUT2D eigenvalue weighted by molar-refractivity contribution is -0.130. The summed E-state index contributed by atoms with van der Waals surface area (Å²) in [5, 5.41) is 2.65. The van der Waals surface area contributed by atoms with Crippen molar-refractivity contribution in [2.75, 3.05) is 20.6 Å². The first-order valence-corrected chi connectivity index (χ1v) is 6.58. The van der Waals surface area contributed by atoms with E-state index in [2.05, 4.69) is 17.2 Å². The molecule has 0 fully saturated rings. The molecule has 0 saturated carbocycles. The lowest BCUT2D eigenvalue weighted by atomic mass is 10.3. The maximum Gasteiger partial charge on any atom is 0.262 e. The van der Waals surface area contributed by atoms with E-state index in [9.17, 15) is 9.59 Å². The number of nitrogens with one attached hydrogen (secondary N) is 1. The molecule has 0 radical (unpaired) electrons. The van der Waals surface area contributed by atoms with Crippen LogP contribution in [0.5, 0.6) is 0 Å². The highest BCUT2D eigenvalue weighted by molar-refractivity contribution is 7.14. The number of likely N-dealkylation sites (N-methyl/N-ethyl adjacent to an activating group) is 1. The summed E-state index contributed by atoms with van der Waals surface area (Å²) in [6.07, 6.45) is 0. The summed E-state index contributed by atoms with van der Waals surface area (Å²) in [7, 11) is 3.30. The standard InChI is InChI=1S/C13H17N3O2S/c1-9(13(18)16(2)3)15-12(17)11-7-6-10(19-11)5-4-8-14/h6-7,9H,8,14H2,1-3H3,(H,15,17). The van der Waals surface area contributed by atoms with Crippen molar-refractivity contribution < 1.29 is 9.59 Å². The molecule has 3 N–H and O–H groups in total. The molecule has 1 aromatic rings. The van der Waals surface area contributed by atoms with Crippen LogP contribution in [0.25, 0.3) is 0 Å². The van der Waals surface area contributed by atoms with Gasteiger partial charge in [-0.2, -0.15) is 0 Å². The van der Waals surface area contributed by atoms with Crippen molar-refractivity contribution in [3.8, 4) is 11.8 Å². The molecule has 1 heterocycles. The first kappa shape index (κ1) is 15.2. The van der Waals surface area contributed by atoms with E-state index in [1.807, 2.05) is 0 Å². The Balaban J connectivity index is 2.68. The highest BCUT2D eigenvalue weighted by atomic mass is 32.1. The van der Waals surface area contributed by atoms with Crippen LogP contribution in [0.15, 0.2) is 12.1 Å². The number of nitrogens with two attached hydrogens (primary N) is 1. The number of rotatable bonds is 3. The SMILES string of the molecule is CC(NC(=O)c1ccc(C#CCN)s1)C(=O)N(C)C. The summed E-state index contributed by atoms with van der Waals surface area (Å²) >= 11 is 1.28. The number of carbonyl (C=O) groups is 2. The molecule has 0 aliphatic rings. The van der Waals surface area contributed by atoms with Gasteiger partial charge in [0.05, 0.1) is 16.3 Å². The number of hydrogen-bond donors (Lipinski definition) is 2. The summed E-state index contributed by atoms with van der Waals surface area (Å²) in [6, 6.07) is 2.90. The van der Waals surface area contributed by atoms with Crippen molar-refractivity contribution in [1.82, 2.24) is 10.2 Å². The molecular weight excluding hydrogens is 262 g/mol. The first-order chi connectivity index (χ1) is 8.95. The van der Waals surface area contributed by atoms with E-state index in [0.29, 0.717) is 4.88 Å². The topological polar surface area (TPSA) is 75.4 Å². The van der Waals surface area contributed by atoms with Crippen LogP contribution < -0.4 is 11.1 Å². The van der Waals surface area contributed by atoms with E-state index < -0.39 is 6.04 Å². The Morgan fingerprint density at radius 2 is 2.16 bits per heavy atom. The van der Waals surface area contributed by atoms with Crippen molar-refractivity contribution in [3.05, 3.63) is 21.9 Å². The van der Waals surface area contributed by atoms with Gasteiger partial charge in [-0.05, 0) is 19.1 Å². The molecule has 0 aliphatic carbocycles. The van der Waals surface area contributed by atoms with Gasteiger partial charge >= 0.3 is 0 Å². The number of thiophene rings is 1. The molecule has 6 heteroatoms. The third-order valence-corrected chi connectivity index (χ3v) is 3.30. The first-order valence-electron chi connectivity index (χ1n) is 5.76. The van der Waals surface area contributed by atoms with Gasteiger partial charge in [0.25, 0.3) is 5.91 Å². The van der Waals surface area contributed by atoms with Crippen LogP contribution in [-0.4, -0.2) is 43.4 Å². The molecule has 0 aliphatic heterocycles. The average Bonchev–Trinajstić information content (AvgIpc) is 2.83. The lowest BCUT2D eigenvalue weighted by Crippen LogP contribution is -2.44. The fourth-order valence-corrected chi connectivity index (χ4v) is 2.17. The monoisotopic (exact) mass is 279 g/mol. The molecule has 0 saturated heterocycles. The van der Waals surface area contributed by atoms with E-state index in [0.717, 1.165) is 4.88 Å². The predicted molar refractivity (Wildman–Crippen MR) is 75.9 cm³/mol. The third-order valence-electron chi connectivity index (χ3n) is 2.30. The van der Waals surface area contributed by atoms with Crippen molar-refractivity contribution in [1.29, 1.82) is 0 Å². The van der Waals surface area contributed by atoms with Crippen LogP contribution in [0.1, 0.15) is 21.5 Å². The highest BCUT2D eigenvalue weighted by Crippen LogP contribution is 2.15. The quantitative estimate of drug-likeness (QED) is 0.780. The fraction of sp³-hybridized carbons (Fsp3) is 0.385. The van der Waals surface area contributed by atoms with Crippen LogP contribution in [0.3, 0.4) is 0 Å². The Hall–Kier alpha value is -1.84. The second-order valence-electron chi connectivity index (χ2n) is 4.10. The van der Waals surface area contributed by atoms with Crippen molar-refractivity contribution in [2.45, 2.75) is 13.0 Å². The zero-order valence-electron chi connectivity index (χ0n) is 11.2. The molecule has 2 amide bonds. The van der Waals surface area contributed by atoms with Crippen LogP contribution in [0.4, 0.5) is 0 Å². The Labute approximate surface area is 116 Å². The van der Waals surface area contributed by atoms with Gasteiger partial charge in [0.2, 0.25) is 5.91 Å². The Morgan fingerprint density at radius 1 is 1.47 bits per heavy atom. The van der Waals surface area contributed by atoms with Crippen LogP contribution >= 0.6 is 11.3 Å². The largest absolute Gasteiger partial charge is 0.347 e. The van der Waals surface area contributed by atoms with Gasteiger partial charge in [0.1, 0.15) is 6.04 Å². The summed E-state index contributed by atoms with van der Waals surface area (Å²) < 4.78 is 0.